The van der Waals surface area contributed by atoms with Gasteiger partial charge in [0.15, 0.2) is 12.0 Å². The molecule has 0 spiro atoms. The number of hydrogen-bond acceptors (Lipinski definition) is 9. The first-order valence-electron chi connectivity index (χ1n) is 11.2. The van der Waals surface area contributed by atoms with Crippen molar-refractivity contribution >= 4 is 38.8 Å². The number of aromatic nitrogens is 1. The minimum Gasteiger partial charge on any atom is -0.472 e. The summed E-state index contributed by atoms with van der Waals surface area (Å²) in [5, 5.41) is 9.95. The predicted octanol–water partition coefficient (Wildman–Crippen LogP) is 2.59. The molecule has 0 unspecified atom stereocenters. The van der Waals surface area contributed by atoms with E-state index in [1.807, 2.05) is 0 Å². The van der Waals surface area contributed by atoms with E-state index in [4.69, 9.17) is 30.5 Å². The number of aliphatic imine (C=N–C) groups is 1. The largest absolute Gasteiger partial charge is 0.472 e. The molecule has 0 aliphatic carbocycles. The summed E-state index contributed by atoms with van der Waals surface area (Å²) in [5.41, 5.74) is 0.134. The Hall–Kier alpha value is -2.71. The summed E-state index contributed by atoms with van der Waals surface area (Å²) < 4.78 is 66.8. The number of amides is 1. The van der Waals surface area contributed by atoms with Gasteiger partial charge in [-0.3, -0.25) is 4.79 Å². The predicted molar refractivity (Wildman–Crippen MR) is 128 cm³/mol. The van der Waals surface area contributed by atoms with E-state index in [2.05, 4.69) is 14.3 Å². The standard InChI is InChI=1S/C23H22ClF2N3O7S/c1-37(2,32)29-22(31)10-3-13(25)11(14(26)4-10)7-35-23-12(24)5-15-16(28-23)6-19(27-15)36-18-9-34-20-17(30)8-33-21(18)20/h3-5,17-18,20-21,30H,6-9H2,1-2H3/t17-,18-,20-,21-/m1/s1. The highest BCUT2D eigenvalue weighted by atomic mass is 35.5. The van der Waals surface area contributed by atoms with Gasteiger partial charge >= 0.3 is 0 Å². The van der Waals surface area contributed by atoms with Gasteiger partial charge in [-0.1, -0.05) is 11.6 Å². The number of nitrogens with zero attached hydrogens (tertiary/aromatic N) is 3. The fourth-order valence-electron chi connectivity index (χ4n) is 4.19. The number of ether oxygens (including phenoxy) is 4. The second kappa shape index (κ2) is 9.87. The number of halogens is 3. The second-order valence-corrected chi connectivity index (χ2v) is 12.0. The SMILES string of the molecule is CS(C)(=O)=NC(=O)c1cc(F)c(COc2nc3c(cc2Cl)N=C(O[C@@H]2CO[C@H]4[C@@H]2OC[C@H]4O)C3)c(F)c1. The lowest BCUT2D eigenvalue weighted by molar-refractivity contribution is 0.00558. The highest BCUT2D eigenvalue weighted by Crippen LogP contribution is 2.36. The first-order chi connectivity index (χ1) is 17.5. The van der Waals surface area contributed by atoms with Crippen LogP contribution >= 0.6 is 11.6 Å². The van der Waals surface area contributed by atoms with Crippen molar-refractivity contribution in [1.82, 2.24) is 4.98 Å². The van der Waals surface area contributed by atoms with Gasteiger partial charge in [0, 0.05) is 27.8 Å². The fraction of sp³-hybridized carbons (Fsp3) is 0.435. The van der Waals surface area contributed by atoms with Gasteiger partial charge in [-0.15, -0.1) is 0 Å². The fourth-order valence-corrected chi connectivity index (χ4v) is 4.89. The summed E-state index contributed by atoms with van der Waals surface area (Å²) >= 11 is 6.25. The molecule has 4 atom stereocenters. The Morgan fingerprint density at radius 1 is 1.22 bits per heavy atom. The van der Waals surface area contributed by atoms with E-state index in [0.717, 1.165) is 12.1 Å². The zero-order valence-electron chi connectivity index (χ0n) is 19.7. The molecule has 1 aromatic heterocycles. The van der Waals surface area contributed by atoms with Crippen LogP contribution in [-0.4, -0.2) is 76.2 Å². The number of aliphatic hydroxyl groups is 1. The number of carbonyl (C=O) groups excluding carboxylic acids is 1. The number of hydrogen-bond donors (Lipinski definition) is 1. The maximum Gasteiger partial charge on any atom is 0.285 e. The molecule has 3 aliphatic heterocycles. The average molecular weight is 558 g/mol. The van der Waals surface area contributed by atoms with Gasteiger partial charge in [0.25, 0.3) is 5.91 Å². The van der Waals surface area contributed by atoms with E-state index in [1.165, 1.54) is 18.6 Å². The van der Waals surface area contributed by atoms with E-state index in [0.29, 0.717) is 17.3 Å². The highest BCUT2D eigenvalue weighted by molar-refractivity contribution is 7.92. The Bertz CT molecular complexity index is 1400. The molecule has 1 aromatic carbocycles. The van der Waals surface area contributed by atoms with Crippen molar-refractivity contribution in [3.8, 4) is 5.88 Å². The minimum absolute atomic E-state index is 0.0611. The van der Waals surface area contributed by atoms with Crippen LogP contribution in [0.5, 0.6) is 5.88 Å². The molecule has 1 amide bonds. The van der Waals surface area contributed by atoms with Crippen molar-refractivity contribution in [1.29, 1.82) is 0 Å². The van der Waals surface area contributed by atoms with Crippen LogP contribution in [-0.2, 0) is 37.0 Å². The molecule has 14 heteroatoms. The third-order valence-corrected chi connectivity index (χ3v) is 6.75. The van der Waals surface area contributed by atoms with E-state index < -0.39 is 63.9 Å². The molecule has 0 saturated carbocycles. The van der Waals surface area contributed by atoms with Crippen molar-refractivity contribution < 1.29 is 41.8 Å². The van der Waals surface area contributed by atoms with Gasteiger partial charge in [-0.05, 0) is 18.2 Å². The number of fused-ring (bicyclic) bond motifs is 2. The Morgan fingerprint density at radius 3 is 2.62 bits per heavy atom. The Kier molecular flexibility index (Phi) is 6.92. The third-order valence-electron chi connectivity index (χ3n) is 5.88. The highest BCUT2D eigenvalue weighted by Gasteiger charge is 2.49. The van der Waals surface area contributed by atoms with Crippen LogP contribution in [0.15, 0.2) is 27.6 Å². The summed E-state index contributed by atoms with van der Waals surface area (Å²) in [7, 11) is -2.79. The topological polar surface area (TPSA) is 129 Å². The molecule has 2 saturated heterocycles. The first kappa shape index (κ1) is 25.9. The van der Waals surface area contributed by atoms with Crippen LogP contribution in [0.2, 0.25) is 5.02 Å². The summed E-state index contributed by atoms with van der Waals surface area (Å²) in [6, 6.07) is 3.11. The van der Waals surface area contributed by atoms with Crippen LogP contribution in [0.3, 0.4) is 0 Å². The lowest BCUT2D eigenvalue weighted by Gasteiger charge is -2.17. The molecule has 0 bridgehead atoms. The summed E-state index contributed by atoms with van der Waals surface area (Å²) in [5.74, 6) is -2.76. The van der Waals surface area contributed by atoms with Crippen molar-refractivity contribution in [3.05, 3.63) is 51.7 Å². The smallest absolute Gasteiger partial charge is 0.285 e. The molecule has 1 N–H and O–H groups in total. The maximum atomic E-state index is 14.6. The maximum absolute atomic E-state index is 14.6. The quantitative estimate of drug-likeness (QED) is 0.594. The summed E-state index contributed by atoms with van der Waals surface area (Å²) in [6.07, 6.45) is 0.724. The molecule has 5 rings (SSSR count). The Labute approximate surface area is 215 Å². The first-order valence-corrected chi connectivity index (χ1v) is 13.9. The van der Waals surface area contributed by atoms with Gasteiger partial charge < -0.3 is 24.1 Å². The number of aliphatic hydroxyl groups excluding tert-OH is 1. The third kappa shape index (κ3) is 5.46. The van der Waals surface area contributed by atoms with Crippen LogP contribution in [0.1, 0.15) is 21.6 Å². The van der Waals surface area contributed by atoms with E-state index in [1.54, 1.807) is 0 Å². The lowest BCUT2D eigenvalue weighted by Crippen LogP contribution is -2.34. The number of pyridine rings is 1. The molecule has 37 heavy (non-hydrogen) atoms. The van der Waals surface area contributed by atoms with E-state index in [-0.39, 0.29) is 36.1 Å². The monoisotopic (exact) mass is 557 g/mol. The lowest BCUT2D eigenvalue weighted by atomic mass is 10.1. The zero-order chi connectivity index (χ0) is 26.5. The number of benzene rings is 1. The molecular weight excluding hydrogens is 536 g/mol. The molecule has 0 radical (unpaired) electrons. The van der Waals surface area contributed by atoms with Gasteiger partial charge in [0.2, 0.25) is 5.88 Å². The molecule has 198 valence electrons. The van der Waals surface area contributed by atoms with E-state index in [9.17, 15) is 22.9 Å². The van der Waals surface area contributed by atoms with Crippen molar-refractivity contribution in [2.24, 2.45) is 9.36 Å². The van der Waals surface area contributed by atoms with Crippen molar-refractivity contribution in [2.45, 2.75) is 37.4 Å². The van der Waals surface area contributed by atoms with Gasteiger partial charge in [0.05, 0.1) is 36.6 Å². The molecule has 2 aromatic rings. The summed E-state index contributed by atoms with van der Waals surface area (Å²) in [6.45, 7) is -0.135. The Morgan fingerprint density at radius 2 is 1.92 bits per heavy atom. The van der Waals surface area contributed by atoms with Gasteiger partial charge in [-0.2, -0.15) is 4.36 Å². The van der Waals surface area contributed by atoms with Crippen molar-refractivity contribution in [3.63, 3.8) is 0 Å². The zero-order valence-corrected chi connectivity index (χ0v) is 21.2. The summed E-state index contributed by atoms with van der Waals surface area (Å²) in [4.78, 5) is 20.7. The van der Waals surface area contributed by atoms with Crippen LogP contribution in [0.25, 0.3) is 0 Å². The molecule has 4 heterocycles. The molecular formula is C23H22ClF2N3O7S. The van der Waals surface area contributed by atoms with Gasteiger partial charge in [0.1, 0.15) is 41.6 Å². The van der Waals surface area contributed by atoms with Crippen LogP contribution < -0.4 is 4.74 Å². The number of carbonyl (C=O) groups is 1. The Balaban J connectivity index is 1.25. The van der Waals surface area contributed by atoms with Crippen LogP contribution in [0.4, 0.5) is 14.5 Å². The van der Waals surface area contributed by atoms with Crippen molar-refractivity contribution in [2.75, 3.05) is 25.7 Å². The molecule has 10 nitrogen and oxygen atoms in total. The van der Waals surface area contributed by atoms with E-state index >= 15 is 0 Å². The van der Waals surface area contributed by atoms with Gasteiger partial charge in [-0.25, -0.2) is 23.0 Å². The normalized spacial score (nSPS) is 24.4. The minimum atomic E-state index is -2.79. The second-order valence-electron chi connectivity index (χ2n) is 9.03. The van der Waals surface area contributed by atoms with Crippen LogP contribution in [0, 0.1) is 11.6 Å². The average Bonchev–Trinajstić information content (AvgIpc) is 3.48. The number of rotatable bonds is 5. The molecule has 3 aliphatic rings. The molecule has 2 fully saturated rings.